The third kappa shape index (κ3) is 3.21. The van der Waals surface area contributed by atoms with Gasteiger partial charge >= 0.3 is 0 Å². The van der Waals surface area contributed by atoms with E-state index in [1.807, 2.05) is 18.2 Å². The van der Waals surface area contributed by atoms with E-state index in [2.05, 4.69) is 17.4 Å². The van der Waals surface area contributed by atoms with Crippen molar-refractivity contribution in [1.82, 2.24) is 5.32 Å². The first-order valence-corrected chi connectivity index (χ1v) is 7.73. The Bertz CT molecular complexity index is 465. The maximum Gasteiger partial charge on any atom is 0.223 e. The second kappa shape index (κ2) is 5.57. The van der Waals surface area contributed by atoms with Crippen molar-refractivity contribution in [3.63, 3.8) is 0 Å². The number of carbonyl (C=O) groups is 1. The van der Waals surface area contributed by atoms with Gasteiger partial charge in [0.05, 0.1) is 12.0 Å². The Morgan fingerprint density at radius 1 is 1.20 bits per heavy atom. The number of benzene rings is 1. The molecule has 0 saturated heterocycles. The molecule has 1 aromatic rings. The highest BCUT2D eigenvalue weighted by molar-refractivity contribution is 5.78. The Balaban J connectivity index is 1.49. The molecule has 3 nitrogen and oxygen atoms in total. The van der Waals surface area contributed by atoms with E-state index in [9.17, 15) is 9.90 Å². The van der Waals surface area contributed by atoms with Crippen molar-refractivity contribution in [1.29, 1.82) is 0 Å². The lowest BCUT2D eigenvalue weighted by Crippen LogP contribution is -2.39. The highest BCUT2D eigenvalue weighted by Crippen LogP contribution is 2.41. The van der Waals surface area contributed by atoms with Crippen molar-refractivity contribution in [3.05, 3.63) is 35.9 Å². The minimum absolute atomic E-state index is 0.0119. The topological polar surface area (TPSA) is 49.3 Å². The summed E-state index contributed by atoms with van der Waals surface area (Å²) in [7, 11) is 0. The smallest absolute Gasteiger partial charge is 0.223 e. The lowest BCUT2D eigenvalue weighted by atomic mass is 9.82. The fraction of sp³-hybridized carbons (Fsp3) is 0.588. The molecule has 2 aliphatic carbocycles. The molecule has 0 bridgehead atoms. The summed E-state index contributed by atoms with van der Waals surface area (Å²) in [5.74, 6) is 0.471. The molecule has 2 unspecified atom stereocenters. The van der Waals surface area contributed by atoms with Gasteiger partial charge in [0.1, 0.15) is 0 Å². The number of carbonyl (C=O) groups excluding carboxylic acids is 1. The summed E-state index contributed by atoms with van der Waals surface area (Å²) in [4.78, 5) is 12.1. The van der Waals surface area contributed by atoms with Gasteiger partial charge in [-0.05, 0) is 24.8 Å². The van der Waals surface area contributed by atoms with Crippen molar-refractivity contribution in [2.24, 2.45) is 0 Å². The minimum Gasteiger partial charge on any atom is -0.389 e. The third-order valence-electron chi connectivity index (χ3n) is 4.64. The minimum atomic E-state index is -0.751. The summed E-state index contributed by atoms with van der Waals surface area (Å²) in [5, 5.41) is 13.5. The van der Waals surface area contributed by atoms with Crippen molar-refractivity contribution in [2.75, 3.05) is 0 Å². The van der Waals surface area contributed by atoms with Crippen LogP contribution in [0.15, 0.2) is 30.3 Å². The van der Waals surface area contributed by atoms with Gasteiger partial charge in [-0.1, -0.05) is 49.6 Å². The normalized spacial score (nSPS) is 27.9. The molecule has 0 aromatic heterocycles. The molecule has 3 rings (SSSR count). The standard InChI is InChI=1S/C17H23NO2/c19-16(12-17(20)9-5-2-6-10-17)18-15-11-14(15)13-7-3-1-4-8-13/h1,3-4,7-8,14-15,20H,2,5-6,9-12H2,(H,18,19). The van der Waals surface area contributed by atoms with Gasteiger partial charge in [0.25, 0.3) is 0 Å². The van der Waals surface area contributed by atoms with Crippen LogP contribution in [0.25, 0.3) is 0 Å². The molecule has 2 saturated carbocycles. The molecule has 0 radical (unpaired) electrons. The van der Waals surface area contributed by atoms with Crippen LogP contribution in [-0.4, -0.2) is 22.7 Å². The van der Waals surface area contributed by atoms with E-state index in [4.69, 9.17) is 0 Å². The molecule has 2 N–H and O–H groups in total. The van der Waals surface area contributed by atoms with Crippen LogP contribution in [0.1, 0.15) is 56.4 Å². The molecule has 2 fully saturated rings. The monoisotopic (exact) mass is 273 g/mol. The predicted molar refractivity (Wildman–Crippen MR) is 78.4 cm³/mol. The van der Waals surface area contributed by atoms with Crippen molar-refractivity contribution in [3.8, 4) is 0 Å². The van der Waals surface area contributed by atoms with Gasteiger partial charge in [-0.2, -0.15) is 0 Å². The number of rotatable bonds is 4. The lowest BCUT2D eigenvalue weighted by Gasteiger charge is -2.31. The van der Waals surface area contributed by atoms with Gasteiger partial charge < -0.3 is 10.4 Å². The molecule has 108 valence electrons. The van der Waals surface area contributed by atoms with Crippen LogP contribution in [0.4, 0.5) is 0 Å². The largest absolute Gasteiger partial charge is 0.389 e. The fourth-order valence-corrected chi connectivity index (χ4v) is 3.37. The Labute approximate surface area is 120 Å². The average Bonchev–Trinajstić information content (AvgIpc) is 3.19. The highest BCUT2D eigenvalue weighted by Gasteiger charge is 2.40. The van der Waals surface area contributed by atoms with Gasteiger partial charge in [0, 0.05) is 12.0 Å². The zero-order valence-electron chi connectivity index (χ0n) is 11.8. The fourth-order valence-electron chi connectivity index (χ4n) is 3.37. The van der Waals surface area contributed by atoms with Crippen LogP contribution in [0.3, 0.4) is 0 Å². The molecular formula is C17H23NO2. The molecule has 20 heavy (non-hydrogen) atoms. The van der Waals surface area contributed by atoms with E-state index in [1.54, 1.807) is 0 Å². The Kier molecular flexibility index (Phi) is 3.79. The van der Waals surface area contributed by atoms with Crippen molar-refractivity contribution >= 4 is 5.91 Å². The zero-order valence-corrected chi connectivity index (χ0v) is 11.8. The molecule has 2 atom stereocenters. The quantitative estimate of drug-likeness (QED) is 0.886. The second-order valence-electron chi connectivity index (χ2n) is 6.39. The Hall–Kier alpha value is -1.35. The van der Waals surface area contributed by atoms with Crippen molar-refractivity contribution in [2.45, 2.75) is 62.5 Å². The summed E-state index contributed by atoms with van der Waals surface area (Å²) < 4.78 is 0. The van der Waals surface area contributed by atoms with Crippen LogP contribution < -0.4 is 5.32 Å². The van der Waals surface area contributed by atoms with Crippen LogP contribution in [0.2, 0.25) is 0 Å². The van der Waals surface area contributed by atoms with E-state index in [-0.39, 0.29) is 18.4 Å². The molecule has 2 aliphatic rings. The van der Waals surface area contributed by atoms with E-state index in [0.717, 1.165) is 32.1 Å². The van der Waals surface area contributed by atoms with E-state index in [0.29, 0.717) is 5.92 Å². The zero-order chi connectivity index (χ0) is 14.0. The van der Waals surface area contributed by atoms with E-state index >= 15 is 0 Å². The first-order chi connectivity index (χ1) is 9.66. The van der Waals surface area contributed by atoms with Crippen LogP contribution in [-0.2, 0) is 4.79 Å². The molecule has 1 aromatic carbocycles. The van der Waals surface area contributed by atoms with Gasteiger partial charge in [-0.15, -0.1) is 0 Å². The number of hydrogen-bond donors (Lipinski definition) is 2. The second-order valence-corrected chi connectivity index (χ2v) is 6.39. The van der Waals surface area contributed by atoms with Crippen molar-refractivity contribution < 1.29 is 9.90 Å². The van der Waals surface area contributed by atoms with Gasteiger partial charge in [0.15, 0.2) is 0 Å². The summed E-state index contributed by atoms with van der Waals surface area (Å²) >= 11 is 0. The number of aliphatic hydroxyl groups is 1. The molecule has 0 aliphatic heterocycles. The molecule has 1 amide bonds. The van der Waals surface area contributed by atoms with Crippen LogP contribution in [0, 0.1) is 0 Å². The SMILES string of the molecule is O=C(CC1(O)CCCCC1)NC1CC1c1ccccc1. The Morgan fingerprint density at radius 3 is 2.60 bits per heavy atom. The Morgan fingerprint density at radius 2 is 1.90 bits per heavy atom. The van der Waals surface area contributed by atoms with E-state index in [1.165, 1.54) is 12.0 Å². The third-order valence-corrected chi connectivity index (χ3v) is 4.64. The summed E-state index contributed by atoms with van der Waals surface area (Å²) in [6.45, 7) is 0. The molecule has 0 heterocycles. The van der Waals surface area contributed by atoms with Gasteiger partial charge in [-0.25, -0.2) is 0 Å². The van der Waals surface area contributed by atoms with Gasteiger partial charge in [0.2, 0.25) is 5.91 Å². The number of amides is 1. The summed E-state index contributed by atoms with van der Waals surface area (Å²) in [6, 6.07) is 10.6. The number of hydrogen-bond acceptors (Lipinski definition) is 2. The predicted octanol–water partition coefficient (Wildman–Crippen LogP) is 2.74. The van der Waals surface area contributed by atoms with Crippen LogP contribution >= 0.6 is 0 Å². The summed E-state index contributed by atoms with van der Waals surface area (Å²) in [5.41, 5.74) is 0.550. The first-order valence-electron chi connectivity index (χ1n) is 7.73. The van der Waals surface area contributed by atoms with Gasteiger partial charge in [-0.3, -0.25) is 4.79 Å². The molecule has 0 spiro atoms. The maximum atomic E-state index is 12.1. The molecule has 3 heteroatoms. The molecular weight excluding hydrogens is 250 g/mol. The summed E-state index contributed by atoms with van der Waals surface area (Å²) in [6.07, 6.45) is 6.10. The lowest BCUT2D eigenvalue weighted by molar-refractivity contribution is -0.127. The average molecular weight is 273 g/mol. The number of nitrogens with one attached hydrogen (secondary N) is 1. The van der Waals surface area contributed by atoms with Crippen LogP contribution in [0.5, 0.6) is 0 Å². The highest BCUT2D eigenvalue weighted by atomic mass is 16.3. The van der Waals surface area contributed by atoms with E-state index < -0.39 is 5.60 Å². The first kappa shape index (κ1) is 13.6. The maximum absolute atomic E-state index is 12.1.